The molecule has 8 nitrogen and oxygen atoms in total. The number of ether oxygens (including phenoxy) is 1. The van der Waals surface area contributed by atoms with Gasteiger partial charge in [0, 0.05) is 19.0 Å². The monoisotopic (exact) mass is 492 g/mol. The Morgan fingerprint density at radius 1 is 1.18 bits per heavy atom. The van der Waals surface area contributed by atoms with E-state index in [1.165, 1.54) is 0 Å². The molecule has 4 rings (SSSR count). The number of hydrogen-bond acceptors (Lipinski definition) is 6. The molecule has 3 aliphatic rings. The quantitative estimate of drug-likeness (QED) is 0.633. The van der Waals surface area contributed by atoms with Crippen molar-refractivity contribution in [3.8, 4) is 0 Å². The summed E-state index contributed by atoms with van der Waals surface area (Å²) < 4.78 is 90.8. The smallest absolute Gasteiger partial charge is 0.410 e. The van der Waals surface area contributed by atoms with E-state index in [0.717, 1.165) is 21.9 Å². The van der Waals surface area contributed by atoms with Crippen LogP contribution in [-0.2, 0) is 14.8 Å². The van der Waals surface area contributed by atoms with E-state index in [1.807, 2.05) is 0 Å². The molecule has 1 unspecified atom stereocenters. The molecular weight excluding hydrogens is 468 g/mol. The van der Waals surface area contributed by atoms with Gasteiger partial charge >= 0.3 is 12.3 Å². The lowest BCUT2D eigenvalue weighted by molar-refractivity contribution is -0.155. The number of benzene rings is 1. The lowest BCUT2D eigenvalue weighted by Gasteiger charge is -2.44. The predicted molar refractivity (Wildman–Crippen MR) is 112 cm³/mol. The van der Waals surface area contributed by atoms with E-state index in [9.17, 15) is 30.8 Å². The third-order valence-corrected chi connectivity index (χ3v) is 6.79. The van der Waals surface area contributed by atoms with Crippen molar-refractivity contribution in [3.05, 3.63) is 17.9 Å². The second-order valence-corrected chi connectivity index (χ2v) is 10.9. The summed E-state index contributed by atoms with van der Waals surface area (Å²) in [5, 5.41) is 2.83. The molecular formula is C20H24F4N4O4S. The number of carbonyl (C=O) groups is 1. The minimum Gasteiger partial charge on any atom is -0.444 e. The molecule has 1 aromatic carbocycles. The van der Waals surface area contributed by atoms with E-state index in [4.69, 9.17) is 4.74 Å². The topological polar surface area (TPSA) is 91.3 Å². The van der Waals surface area contributed by atoms with Crippen molar-refractivity contribution in [2.45, 2.75) is 56.3 Å². The summed E-state index contributed by atoms with van der Waals surface area (Å²) in [6, 6.07) is -0.579. The molecule has 2 aliphatic heterocycles. The molecule has 0 aromatic heterocycles. The van der Waals surface area contributed by atoms with Gasteiger partial charge in [-0.2, -0.15) is 21.6 Å². The first-order valence-corrected chi connectivity index (χ1v) is 11.9. The number of nitrogens with one attached hydrogen (secondary N) is 1. The van der Waals surface area contributed by atoms with E-state index in [-0.39, 0.29) is 36.2 Å². The fourth-order valence-electron chi connectivity index (χ4n) is 3.83. The van der Waals surface area contributed by atoms with Crippen molar-refractivity contribution < 1.29 is 35.5 Å². The molecule has 2 heterocycles. The number of alkyl halides is 3. The van der Waals surface area contributed by atoms with Crippen LogP contribution >= 0.6 is 0 Å². The van der Waals surface area contributed by atoms with Crippen LogP contribution in [0.1, 0.15) is 33.6 Å². The predicted octanol–water partition coefficient (Wildman–Crippen LogP) is 3.74. The van der Waals surface area contributed by atoms with E-state index in [1.54, 1.807) is 20.8 Å². The average molecular weight is 492 g/mol. The van der Waals surface area contributed by atoms with Crippen LogP contribution in [0.4, 0.5) is 33.7 Å². The number of amidine groups is 1. The number of nitrogens with zero attached hydrogens (tertiary/aromatic N) is 3. The van der Waals surface area contributed by atoms with Gasteiger partial charge in [-0.25, -0.2) is 9.18 Å². The number of hydrogen-bond donors (Lipinski definition) is 1. The molecule has 182 valence electrons. The molecule has 1 saturated carbocycles. The maximum Gasteiger partial charge on any atom is 0.410 e. The van der Waals surface area contributed by atoms with Crippen molar-refractivity contribution in [1.29, 1.82) is 0 Å². The van der Waals surface area contributed by atoms with Gasteiger partial charge in [-0.05, 0) is 45.7 Å². The molecule has 1 saturated heterocycles. The molecule has 13 heteroatoms. The van der Waals surface area contributed by atoms with Crippen LogP contribution in [0.2, 0.25) is 0 Å². The van der Waals surface area contributed by atoms with E-state index >= 15 is 0 Å². The zero-order chi connectivity index (χ0) is 24.3. The average Bonchev–Trinajstić information content (AvgIpc) is 3.50. The van der Waals surface area contributed by atoms with Crippen LogP contribution in [0, 0.1) is 11.7 Å². The standard InChI is InChI=1S/C20H24F4N4O4S/c1-19(2,3)32-18(29)27-6-7-28(15(10-27)20(22,23)24)13-8-12(21)9-14-16(13)25-17(11-4-5-11)26-33(14,30)31/h8-9,11,15H,4-7,10H2,1-3H3,(H,25,26). The molecule has 0 bridgehead atoms. The largest absolute Gasteiger partial charge is 0.444 e. The molecule has 1 N–H and O–H groups in total. The van der Waals surface area contributed by atoms with Gasteiger partial charge in [-0.15, -0.1) is 4.40 Å². The number of anilines is 2. The Balaban J connectivity index is 1.72. The molecule has 1 aliphatic carbocycles. The summed E-state index contributed by atoms with van der Waals surface area (Å²) in [7, 11) is -4.28. The van der Waals surface area contributed by atoms with E-state index in [2.05, 4.69) is 9.71 Å². The highest BCUT2D eigenvalue weighted by molar-refractivity contribution is 7.90. The maximum atomic E-state index is 14.4. The zero-order valence-electron chi connectivity index (χ0n) is 18.2. The first kappa shape index (κ1) is 23.6. The first-order valence-electron chi connectivity index (χ1n) is 10.4. The summed E-state index contributed by atoms with van der Waals surface area (Å²) in [5.41, 5.74) is -1.26. The highest BCUT2D eigenvalue weighted by atomic mass is 32.2. The summed E-state index contributed by atoms with van der Waals surface area (Å²) in [6.45, 7) is 3.63. The van der Waals surface area contributed by atoms with Gasteiger partial charge < -0.3 is 19.9 Å². The minimum absolute atomic E-state index is 0.122. The van der Waals surface area contributed by atoms with Gasteiger partial charge in [0.2, 0.25) is 0 Å². The minimum atomic E-state index is -4.79. The summed E-state index contributed by atoms with van der Waals surface area (Å²) in [5.74, 6) is -0.991. The molecule has 1 amide bonds. The number of fused-ring (bicyclic) bond motifs is 1. The third-order valence-electron chi connectivity index (χ3n) is 5.48. The maximum absolute atomic E-state index is 14.4. The Morgan fingerprint density at radius 2 is 1.85 bits per heavy atom. The van der Waals surface area contributed by atoms with Gasteiger partial charge in [0.1, 0.15) is 28.2 Å². The van der Waals surface area contributed by atoms with Crippen molar-refractivity contribution in [2.24, 2.45) is 10.3 Å². The van der Waals surface area contributed by atoms with E-state index < -0.39 is 51.2 Å². The third kappa shape index (κ3) is 4.87. The van der Waals surface area contributed by atoms with Gasteiger partial charge in [0.05, 0.1) is 17.9 Å². The van der Waals surface area contributed by atoms with Crippen LogP contribution in [0.15, 0.2) is 21.4 Å². The lowest BCUT2D eigenvalue weighted by atomic mass is 10.1. The molecule has 2 fully saturated rings. The number of halogens is 4. The van der Waals surface area contributed by atoms with Gasteiger partial charge in [0.25, 0.3) is 10.0 Å². The molecule has 1 atom stereocenters. The SMILES string of the molecule is CC(C)(C)OC(=O)N1CCN(c2cc(F)cc3c2NC(C2CC2)=NS3(=O)=O)C(C(F)(F)F)C1. The Labute approximate surface area is 188 Å². The van der Waals surface area contributed by atoms with E-state index in [0.29, 0.717) is 12.8 Å². The Morgan fingerprint density at radius 3 is 2.42 bits per heavy atom. The fourth-order valence-corrected chi connectivity index (χ4v) is 5.06. The highest BCUT2D eigenvalue weighted by Crippen LogP contribution is 2.43. The van der Waals surface area contributed by atoms with Crippen LogP contribution in [0.3, 0.4) is 0 Å². The summed E-state index contributed by atoms with van der Waals surface area (Å²) in [4.78, 5) is 13.7. The first-order chi connectivity index (χ1) is 15.2. The summed E-state index contributed by atoms with van der Waals surface area (Å²) in [6.07, 6.45) is -4.28. The Kier molecular flexibility index (Phi) is 5.53. The lowest BCUT2D eigenvalue weighted by Crippen LogP contribution is -2.61. The molecule has 0 spiro atoms. The second kappa shape index (κ2) is 7.74. The van der Waals surface area contributed by atoms with Crippen molar-refractivity contribution in [3.63, 3.8) is 0 Å². The fraction of sp³-hybridized carbons (Fsp3) is 0.600. The molecule has 33 heavy (non-hydrogen) atoms. The number of rotatable bonds is 2. The normalized spacial score (nSPS) is 22.9. The zero-order valence-corrected chi connectivity index (χ0v) is 19.1. The summed E-state index contributed by atoms with van der Waals surface area (Å²) >= 11 is 0. The number of sulfonamides is 1. The van der Waals surface area contributed by atoms with Crippen LogP contribution in [0.5, 0.6) is 0 Å². The number of piperazine rings is 1. The van der Waals surface area contributed by atoms with Crippen molar-refractivity contribution in [2.75, 3.05) is 29.9 Å². The second-order valence-electron chi connectivity index (χ2n) is 9.33. The van der Waals surface area contributed by atoms with Gasteiger partial charge in [0.15, 0.2) is 0 Å². The van der Waals surface area contributed by atoms with Crippen LogP contribution in [0.25, 0.3) is 0 Å². The highest BCUT2D eigenvalue weighted by Gasteiger charge is 2.49. The number of amides is 1. The van der Waals surface area contributed by atoms with Crippen molar-refractivity contribution in [1.82, 2.24) is 4.90 Å². The van der Waals surface area contributed by atoms with Crippen molar-refractivity contribution >= 4 is 33.3 Å². The molecule has 1 aromatic rings. The molecule has 0 radical (unpaired) electrons. The number of carbonyl (C=O) groups excluding carboxylic acids is 1. The van der Waals surface area contributed by atoms with Gasteiger partial charge in [-0.3, -0.25) is 0 Å². The Hall–Kier alpha value is -2.57. The van der Waals surface area contributed by atoms with Gasteiger partial charge in [-0.1, -0.05) is 0 Å². The Bertz CT molecular complexity index is 1110. The van der Waals surface area contributed by atoms with Crippen LogP contribution in [-0.4, -0.2) is 62.7 Å². The van der Waals surface area contributed by atoms with Crippen LogP contribution < -0.4 is 10.2 Å².